The molecule has 0 bridgehead atoms. The minimum Gasteiger partial charge on any atom is -0.0654 e. The first-order chi connectivity index (χ1) is 11.8. The molecule has 0 aromatic rings. The quantitative estimate of drug-likeness (QED) is 0.246. The largest absolute Gasteiger partial charge is 0.0654 e. The lowest BCUT2D eigenvalue weighted by Crippen LogP contribution is -2.15. The van der Waals surface area contributed by atoms with Crippen molar-refractivity contribution in [1.29, 1.82) is 0 Å². The van der Waals surface area contributed by atoms with E-state index in [9.17, 15) is 0 Å². The number of unbranched alkanes of at least 4 members (excludes halogenated alkanes) is 13. The van der Waals surface area contributed by atoms with Crippen LogP contribution in [0.5, 0.6) is 0 Å². The summed E-state index contributed by atoms with van der Waals surface area (Å²) in [5.74, 6) is 2.07. The molecule has 0 heterocycles. The van der Waals surface area contributed by atoms with Crippen LogP contribution in [0.2, 0.25) is 0 Å². The van der Waals surface area contributed by atoms with Gasteiger partial charge < -0.3 is 0 Å². The van der Waals surface area contributed by atoms with Crippen LogP contribution in [0.25, 0.3) is 0 Å². The number of hydrogen-bond donors (Lipinski definition) is 0. The van der Waals surface area contributed by atoms with Gasteiger partial charge in [0.05, 0.1) is 0 Å². The maximum Gasteiger partial charge on any atom is -0.0388 e. The molecule has 0 heteroatoms. The molecule has 0 radical (unpaired) electrons. The first kappa shape index (κ1) is 22.0. The molecule has 0 nitrogen and oxygen atoms in total. The van der Waals surface area contributed by atoms with Crippen LogP contribution < -0.4 is 0 Å². The van der Waals surface area contributed by atoms with E-state index < -0.39 is 0 Å². The second kappa shape index (κ2) is 16.5. The van der Waals surface area contributed by atoms with Crippen molar-refractivity contribution in [1.82, 2.24) is 0 Å². The van der Waals surface area contributed by atoms with Crippen molar-refractivity contribution in [3.63, 3.8) is 0 Å². The van der Waals surface area contributed by atoms with Gasteiger partial charge in [0, 0.05) is 0 Å². The zero-order valence-corrected chi connectivity index (χ0v) is 17.3. The monoisotopic (exact) mass is 336 g/mol. The van der Waals surface area contributed by atoms with E-state index in [0.717, 1.165) is 11.8 Å². The minimum absolute atomic E-state index is 1.00. The molecule has 1 unspecified atom stereocenters. The lowest BCUT2D eigenvalue weighted by atomic mass is 9.79. The van der Waals surface area contributed by atoms with E-state index >= 15 is 0 Å². The molecule has 0 spiro atoms. The Labute approximate surface area is 154 Å². The van der Waals surface area contributed by atoms with Crippen LogP contribution in [0.3, 0.4) is 0 Å². The van der Waals surface area contributed by atoms with E-state index in [-0.39, 0.29) is 0 Å². The maximum atomic E-state index is 2.53. The van der Waals surface area contributed by atoms with E-state index in [0.29, 0.717) is 0 Å². The van der Waals surface area contributed by atoms with Gasteiger partial charge in [-0.25, -0.2) is 0 Å². The van der Waals surface area contributed by atoms with Gasteiger partial charge in [0.25, 0.3) is 0 Å². The van der Waals surface area contributed by atoms with Gasteiger partial charge in [-0.2, -0.15) is 0 Å². The highest BCUT2D eigenvalue weighted by atomic mass is 14.2. The zero-order valence-electron chi connectivity index (χ0n) is 17.3. The van der Waals surface area contributed by atoms with Gasteiger partial charge in [-0.05, 0) is 11.8 Å². The van der Waals surface area contributed by atoms with Crippen LogP contribution in [-0.2, 0) is 0 Å². The summed E-state index contributed by atoms with van der Waals surface area (Å²) < 4.78 is 0. The molecule has 0 amide bonds. The van der Waals surface area contributed by atoms with Gasteiger partial charge in [-0.1, -0.05) is 142 Å². The Morgan fingerprint density at radius 3 is 1.46 bits per heavy atom. The standard InChI is InChI=1S/C24H48/c1-3-4-5-6-7-8-9-10-11-12-13-14-15-17-20-23(2)24-21-18-16-19-22-24/h23-24H,3-22H2,1-2H3. The van der Waals surface area contributed by atoms with Gasteiger partial charge in [0.15, 0.2) is 0 Å². The molecule has 144 valence electrons. The molecule has 1 aliphatic carbocycles. The SMILES string of the molecule is CCCCCCCCCCCCCCCCC(C)C1CCCCC1. The molecule has 1 atom stereocenters. The molecule has 1 saturated carbocycles. The molecule has 24 heavy (non-hydrogen) atoms. The maximum absolute atomic E-state index is 2.53. The molecule has 1 rings (SSSR count). The van der Waals surface area contributed by atoms with E-state index in [1.807, 2.05) is 0 Å². The van der Waals surface area contributed by atoms with Gasteiger partial charge in [0.2, 0.25) is 0 Å². The molecule has 1 fully saturated rings. The summed E-state index contributed by atoms with van der Waals surface area (Å²) in [6, 6.07) is 0. The van der Waals surface area contributed by atoms with E-state index in [2.05, 4.69) is 13.8 Å². The van der Waals surface area contributed by atoms with E-state index in [1.165, 1.54) is 128 Å². The van der Waals surface area contributed by atoms with Crippen molar-refractivity contribution >= 4 is 0 Å². The second-order valence-corrected chi connectivity index (χ2v) is 8.76. The Morgan fingerprint density at radius 1 is 0.583 bits per heavy atom. The second-order valence-electron chi connectivity index (χ2n) is 8.76. The number of hydrogen-bond acceptors (Lipinski definition) is 0. The minimum atomic E-state index is 1.00. The zero-order chi connectivity index (χ0) is 17.3. The average molecular weight is 337 g/mol. The normalized spacial score (nSPS) is 17.2. The fourth-order valence-electron chi connectivity index (χ4n) is 4.60. The van der Waals surface area contributed by atoms with Gasteiger partial charge >= 0.3 is 0 Å². The van der Waals surface area contributed by atoms with Crippen molar-refractivity contribution in [2.24, 2.45) is 11.8 Å². The van der Waals surface area contributed by atoms with Crippen molar-refractivity contribution < 1.29 is 0 Å². The highest BCUT2D eigenvalue weighted by Gasteiger charge is 2.19. The highest BCUT2D eigenvalue weighted by molar-refractivity contribution is 4.71. The van der Waals surface area contributed by atoms with Gasteiger partial charge in [-0.3, -0.25) is 0 Å². The molecule has 1 aliphatic rings. The number of rotatable bonds is 16. The van der Waals surface area contributed by atoms with Crippen LogP contribution in [0, 0.1) is 11.8 Å². The smallest absolute Gasteiger partial charge is 0.0388 e. The first-order valence-corrected chi connectivity index (χ1v) is 11.8. The third-order valence-corrected chi connectivity index (χ3v) is 6.47. The summed E-state index contributed by atoms with van der Waals surface area (Å²) in [6.07, 6.45) is 29.8. The Balaban J connectivity index is 1.74. The first-order valence-electron chi connectivity index (χ1n) is 11.8. The van der Waals surface area contributed by atoms with Crippen LogP contribution in [0.1, 0.15) is 142 Å². The van der Waals surface area contributed by atoms with Crippen LogP contribution in [-0.4, -0.2) is 0 Å². The predicted molar refractivity (Wildman–Crippen MR) is 111 cm³/mol. The van der Waals surface area contributed by atoms with Crippen molar-refractivity contribution in [2.75, 3.05) is 0 Å². The highest BCUT2D eigenvalue weighted by Crippen LogP contribution is 2.32. The lowest BCUT2D eigenvalue weighted by Gasteiger charge is -2.27. The van der Waals surface area contributed by atoms with Crippen molar-refractivity contribution in [3.05, 3.63) is 0 Å². The molecule has 0 aromatic carbocycles. The van der Waals surface area contributed by atoms with E-state index in [4.69, 9.17) is 0 Å². The molecule has 0 saturated heterocycles. The summed E-state index contributed by atoms with van der Waals surface area (Å²) in [5, 5.41) is 0. The Hall–Kier alpha value is 0. The van der Waals surface area contributed by atoms with Crippen molar-refractivity contribution in [2.45, 2.75) is 142 Å². The Morgan fingerprint density at radius 2 is 1.00 bits per heavy atom. The Bertz CT molecular complexity index is 238. The summed E-state index contributed by atoms with van der Waals surface area (Å²) in [4.78, 5) is 0. The average Bonchev–Trinajstić information content (AvgIpc) is 2.62. The Kier molecular flexibility index (Phi) is 15.1. The molecular weight excluding hydrogens is 288 g/mol. The summed E-state index contributed by atoms with van der Waals surface area (Å²) in [7, 11) is 0. The summed E-state index contributed by atoms with van der Waals surface area (Å²) in [6.45, 7) is 4.83. The van der Waals surface area contributed by atoms with Gasteiger partial charge in [-0.15, -0.1) is 0 Å². The summed E-state index contributed by atoms with van der Waals surface area (Å²) in [5.41, 5.74) is 0. The van der Waals surface area contributed by atoms with E-state index in [1.54, 1.807) is 0 Å². The molecular formula is C24H48. The third kappa shape index (κ3) is 12.4. The fraction of sp³-hybridized carbons (Fsp3) is 1.00. The third-order valence-electron chi connectivity index (χ3n) is 6.47. The fourth-order valence-corrected chi connectivity index (χ4v) is 4.60. The lowest BCUT2D eigenvalue weighted by molar-refractivity contribution is 0.247. The van der Waals surface area contributed by atoms with Crippen molar-refractivity contribution in [3.8, 4) is 0 Å². The predicted octanol–water partition coefficient (Wildman–Crippen LogP) is 9.07. The van der Waals surface area contributed by atoms with Crippen LogP contribution in [0.4, 0.5) is 0 Å². The summed E-state index contributed by atoms with van der Waals surface area (Å²) >= 11 is 0. The molecule has 0 N–H and O–H groups in total. The van der Waals surface area contributed by atoms with Gasteiger partial charge in [0.1, 0.15) is 0 Å². The van der Waals surface area contributed by atoms with Crippen LogP contribution in [0.15, 0.2) is 0 Å². The topological polar surface area (TPSA) is 0 Å². The van der Waals surface area contributed by atoms with Crippen LogP contribution >= 0.6 is 0 Å². The molecule has 0 aliphatic heterocycles. The molecule has 0 aromatic heterocycles.